The summed E-state index contributed by atoms with van der Waals surface area (Å²) in [5, 5.41) is 14.1. The van der Waals surface area contributed by atoms with Gasteiger partial charge >= 0.3 is 0 Å². The van der Waals surface area contributed by atoms with Crippen molar-refractivity contribution in [2.45, 2.75) is 44.6 Å². The first-order valence-corrected chi connectivity index (χ1v) is 10.0. The van der Waals surface area contributed by atoms with E-state index in [1.807, 2.05) is 13.8 Å². The lowest BCUT2D eigenvalue weighted by Crippen LogP contribution is -2.36. The number of fused-ring (bicyclic) bond motifs is 5. The highest BCUT2D eigenvalue weighted by atomic mass is 19.1. The Bertz CT molecular complexity index is 1340. The lowest BCUT2D eigenvalue weighted by atomic mass is 9.91. The van der Waals surface area contributed by atoms with Gasteiger partial charge in [0.15, 0.2) is 11.6 Å². The molecule has 1 fully saturated rings. The van der Waals surface area contributed by atoms with Crippen molar-refractivity contribution in [3.05, 3.63) is 52.9 Å². The minimum Gasteiger partial charge on any atom is -0.371 e. The van der Waals surface area contributed by atoms with Gasteiger partial charge in [0, 0.05) is 11.6 Å². The lowest BCUT2D eigenvalue weighted by Gasteiger charge is -2.34. The third-order valence-corrected chi connectivity index (χ3v) is 6.56. The van der Waals surface area contributed by atoms with Crippen LogP contribution in [0, 0.1) is 24.4 Å². The van der Waals surface area contributed by atoms with Crippen molar-refractivity contribution in [1.82, 2.24) is 14.8 Å². The molecule has 1 amide bonds. The molecule has 2 aromatic carbocycles. The van der Waals surface area contributed by atoms with Crippen LogP contribution in [0.5, 0.6) is 0 Å². The molecule has 3 aromatic rings. The van der Waals surface area contributed by atoms with Crippen molar-refractivity contribution >= 4 is 17.3 Å². The number of carbonyl (C=O) groups is 1. The second-order valence-corrected chi connectivity index (χ2v) is 9.01. The summed E-state index contributed by atoms with van der Waals surface area (Å²) in [6.07, 6.45) is 1.18. The highest BCUT2D eigenvalue weighted by Gasteiger charge is 2.57. The zero-order valence-corrected chi connectivity index (χ0v) is 17.0. The predicted octanol–water partition coefficient (Wildman–Crippen LogP) is 4.30. The number of amides is 1. The van der Waals surface area contributed by atoms with Gasteiger partial charge < -0.3 is 10.6 Å². The number of nitrogens with one attached hydrogen (secondary N) is 2. The van der Waals surface area contributed by atoms with Crippen LogP contribution in [0.4, 0.5) is 24.5 Å². The molecule has 158 valence electrons. The third-order valence-electron chi connectivity index (χ3n) is 6.56. The molecule has 0 atom stereocenters. The zero-order valence-electron chi connectivity index (χ0n) is 17.0. The Balaban J connectivity index is 1.65. The molecular formula is C22H18F3N5O. The van der Waals surface area contributed by atoms with E-state index in [-0.39, 0.29) is 28.5 Å². The fourth-order valence-corrected chi connectivity index (χ4v) is 4.89. The van der Waals surface area contributed by atoms with Crippen LogP contribution < -0.4 is 10.6 Å². The smallest absolute Gasteiger partial charge is 0.235 e. The van der Waals surface area contributed by atoms with Crippen LogP contribution in [0.3, 0.4) is 0 Å². The van der Waals surface area contributed by atoms with E-state index in [2.05, 4.69) is 20.8 Å². The summed E-state index contributed by atoms with van der Waals surface area (Å²) in [7, 11) is 0. The normalized spacial score (nSPS) is 18.8. The molecule has 1 spiro atoms. The predicted molar refractivity (Wildman–Crippen MR) is 108 cm³/mol. The Morgan fingerprint density at radius 2 is 1.84 bits per heavy atom. The van der Waals surface area contributed by atoms with E-state index in [1.165, 1.54) is 12.1 Å². The molecule has 0 bridgehead atoms. The number of aromatic nitrogens is 3. The van der Waals surface area contributed by atoms with Gasteiger partial charge in [-0.3, -0.25) is 9.36 Å². The molecule has 1 aromatic heterocycles. The van der Waals surface area contributed by atoms with E-state index in [0.29, 0.717) is 30.1 Å². The molecule has 2 aliphatic heterocycles. The maximum Gasteiger partial charge on any atom is 0.235 e. The number of carbonyl (C=O) groups excluding carboxylic acids is 1. The molecular weight excluding hydrogens is 407 g/mol. The number of halogens is 3. The second kappa shape index (κ2) is 5.46. The molecule has 9 heteroatoms. The monoisotopic (exact) mass is 425 g/mol. The minimum absolute atomic E-state index is 0.0120. The molecule has 2 N–H and O–H groups in total. The van der Waals surface area contributed by atoms with Gasteiger partial charge in [-0.25, -0.2) is 13.2 Å². The number of hydrogen-bond acceptors (Lipinski definition) is 4. The Hall–Kier alpha value is -3.36. The molecule has 3 aliphatic rings. The fourth-order valence-electron chi connectivity index (χ4n) is 4.89. The third kappa shape index (κ3) is 2.21. The van der Waals surface area contributed by atoms with Gasteiger partial charge in [0.1, 0.15) is 23.1 Å². The average molecular weight is 425 g/mol. The van der Waals surface area contributed by atoms with Crippen molar-refractivity contribution < 1.29 is 18.0 Å². The van der Waals surface area contributed by atoms with Crippen LogP contribution in [-0.2, 0) is 15.7 Å². The fraction of sp³-hybridized carbons (Fsp3) is 0.318. The number of nitrogens with zero attached hydrogens (tertiary/aromatic N) is 3. The van der Waals surface area contributed by atoms with Gasteiger partial charge in [0.25, 0.3) is 0 Å². The van der Waals surface area contributed by atoms with Gasteiger partial charge in [-0.15, -0.1) is 10.2 Å². The second-order valence-electron chi connectivity index (χ2n) is 9.01. The van der Waals surface area contributed by atoms with E-state index in [9.17, 15) is 9.18 Å². The van der Waals surface area contributed by atoms with E-state index in [4.69, 9.17) is 0 Å². The Morgan fingerprint density at radius 3 is 2.55 bits per heavy atom. The molecule has 31 heavy (non-hydrogen) atoms. The Kier molecular flexibility index (Phi) is 3.24. The van der Waals surface area contributed by atoms with E-state index < -0.39 is 34.0 Å². The molecule has 0 saturated heterocycles. The standard InChI is InChI=1S/C22H18F3N5O/c1-9-28-29-19-21(2,3)27-14-8-13(24)15(16(25)18(14)30(9)19)11-6-10(23)7-12-17(11)26-20(31)22(12)4-5-22/h6-8,27H,4-5H2,1-3H3,(H,26,31). The summed E-state index contributed by atoms with van der Waals surface area (Å²) in [6.45, 7) is 5.36. The summed E-state index contributed by atoms with van der Waals surface area (Å²) in [5.41, 5.74) is -0.851. The van der Waals surface area contributed by atoms with Crippen molar-refractivity contribution in [1.29, 1.82) is 0 Å². The minimum atomic E-state index is -0.874. The first-order valence-electron chi connectivity index (χ1n) is 10.0. The highest BCUT2D eigenvalue weighted by Crippen LogP contribution is 2.57. The van der Waals surface area contributed by atoms with Crippen LogP contribution in [-0.4, -0.2) is 20.7 Å². The van der Waals surface area contributed by atoms with Crippen molar-refractivity contribution in [3.8, 4) is 16.8 Å². The van der Waals surface area contributed by atoms with Crippen LogP contribution in [0.2, 0.25) is 0 Å². The molecule has 6 rings (SSSR count). The Morgan fingerprint density at radius 1 is 1.10 bits per heavy atom. The first kappa shape index (κ1) is 18.4. The van der Waals surface area contributed by atoms with Crippen LogP contribution in [0.15, 0.2) is 18.2 Å². The average Bonchev–Trinajstić information content (AvgIpc) is 3.33. The summed E-state index contributed by atoms with van der Waals surface area (Å²) >= 11 is 0. The number of hydrogen-bond donors (Lipinski definition) is 2. The van der Waals surface area contributed by atoms with Crippen LogP contribution >= 0.6 is 0 Å². The first-order chi connectivity index (χ1) is 14.6. The van der Waals surface area contributed by atoms with E-state index in [1.54, 1.807) is 11.5 Å². The van der Waals surface area contributed by atoms with Gasteiger partial charge in [0.05, 0.1) is 27.9 Å². The summed E-state index contributed by atoms with van der Waals surface area (Å²) in [5.74, 6) is -1.71. The van der Waals surface area contributed by atoms with Gasteiger partial charge in [-0.1, -0.05) is 0 Å². The molecule has 0 unspecified atom stereocenters. The maximum atomic E-state index is 16.0. The van der Waals surface area contributed by atoms with Crippen molar-refractivity contribution in [3.63, 3.8) is 0 Å². The van der Waals surface area contributed by atoms with E-state index >= 15 is 8.78 Å². The SMILES string of the molecule is Cc1nnc2n1-c1c(cc(F)c(-c3cc(F)cc4c3NC(=O)C43CC3)c1F)NC2(C)C. The van der Waals surface area contributed by atoms with Crippen LogP contribution in [0.25, 0.3) is 16.8 Å². The number of rotatable bonds is 1. The molecule has 3 heterocycles. The summed E-state index contributed by atoms with van der Waals surface area (Å²) < 4.78 is 47.4. The van der Waals surface area contributed by atoms with E-state index in [0.717, 1.165) is 6.07 Å². The number of anilines is 2. The summed E-state index contributed by atoms with van der Waals surface area (Å²) in [4.78, 5) is 12.5. The molecule has 1 saturated carbocycles. The van der Waals surface area contributed by atoms with Crippen LogP contribution in [0.1, 0.15) is 43.9 Å². The van der Waals surface area contributed by atoms with Gasteiger partial charge in [-0.05, 0) is 51.3 Å². The van der Waals surface area contributed by atoms with Gasteiger partial charge in [0.2, 0.25) is 5.91 Å². The van der Waals surface area contributed by atoms with Crippen molar-refractivity contribution in [2.24, 2.45) is 0 Å². The summed E-state index contributed by atoms with van der Waals surface area (Å²) in [6, 6.07) is 3.54. The topological polar surface area (TPSA) is 71.8 Å². The van der Waals surface area contributed by atoms with Gasteiger partial charge in [-0.2, -0.15) is 0 Å². The highest BCUT2D eigenvalue weighted by molar-refractivity contribution is 6.11. The van der Waals surface area contributed by atoms with Crippen molar-refractivity contribution in [2.75, 3.05) is 10.6 Å². The molecule has 1 aliphatic carbocycles. The lowest BCUT2D eigenvalue weighted by molar-refractivity contribution is -0.117. The largest absolute Gasteiger partial charge is 0.371 e. The number of benzene rings is 2. The molecule has 0 radical (unpaired) electrons. The quantitative estimate of drug-likeness (QED) is 0.610. The molecule has 6 nitrogen and oxygen atoms in total. The Labute approximate surface area is 175 Å². The zero-order chi connectivity index (χ0) is 21.9. The maximum absolute atomic E-state index is 16.0. The number of aryl methyl sites for hydroxylation is 1.